The maximum atomic E-state index is 14.5. The lowest BCUT2D eigenvalue weighted by Crippen LogP contribution is -2.32. The first-order valence-electron chi connectivity index (χ1n) is 9.39. The predicted molar refractivity (Wildman–Crippen MR) is 117 cm³/mol. The Morgan fingerprint density at radius 2 is 1.61 bits per heavy atom. The standard InChI is InChI=1S/C24H17F2NO3S/c1-30-20-10-6-5-9-17(20)21-22(31-14-15-7-3-2-4-8-15)24(29)27(23(21)28)19-12-11-16(25)13-18(19)26/h2-13H,14H2,1H3. The second-order valence-corrected chi connectivity index (χ2v) is 7.71. The van der Waals surface area contributed by atoms with E-state index in [1.807, 2.05) is 30.3 Å². The van der Waals surface area contributed by atoms with Crippen LogP contribution in [0.2, 0.25) is 0 Å². The summed E-state index contributed by atoms with van der Waals surface area (Å²) in [5.74, 6) is -2.27. The molecular formula is C24H17F2NO3S. The Balaban J connectivity index is 1.80. The molecule has 7 heteroatoms. The Labute approximate surface area is 182 Å². The van der Waals surface area contributed by atoms with Gasteiger partial charge in [-0.25, -0.2) is 13.7 Å². The highest BCUT2D eigenvalue weighted by atomic mass is 32.2. The fourth-order valence-corrected chi connectivity index (χ4v) is 4.40. The van der Waals surface area contributed by atoms with Crippen molar-refractivity contribution in [3.63, 3.8) is 0 Å². The highest BCUT2D eigenvalue weighted by molar-refractivity contribution is 8.03. The highest BCUT2D eigenvalue weighted by Crippen LogP contribution is 2.42. The van der Waals surface area contributed by atoms with Crippen molar-refractivity contribution in [1.29, 1.82) is 0 Å². The van der Waals surface area contributed by atoms with Gasteiger partial charge in [-0.3, -0.25) is 9.59 Å². The number of ether oxygens (including phenoxy) is 1. The van der Waals surface area contributed by atoms with Gasteiger partial charge in [0.05, 0.1) is 23.3 Å². The topological polar surface area (TPSA) is 46.6 Å². The highest BCUT2D eigenvalue weighted by Gasteiger charge is 2.42. The molecule has 0 saturated carbocycles. The molecule has 4 rings (SSSR count). The largest absolute Gasteiger partial charge is 0.496 e. The summed E-state index contributed by atoms with van der Waals surface area (Å²) < 4.78 is 33.2. The lowest BCUT2D eigenvalue weighted by molar-refractivity contribution is -0.119. The van der Waals surface area contributed by atoms with Crippen LogP contribution in [0.1, 0.15) is 11.1 Å². The fourth-order valence-electron chi connectivity index (χ4n) is 3.34. The molecule has 0 aliphatic carbocycles. The first kappa shape index (κ1) is 20.8. The van der Waals surface area contributed by atoms with E-state index < -0.39 is 23.4 Å². The summed E-state index contributed by atoms with van der Waals surface area (Å²) in [5.41, 5.74) is 1.24. The van der Waals surface area contributed by atoms with Crippen LogP contribution < -0.4 is 9.64 Å². The fraction of sp³-hybridized carbons (Fsp3) is 0.0833. The number of benzene rings is 3. The smallest absolute Gasteiger partial charge is 0.272 e. The SMILES string of the molecule is COc1ccccc1C1=C(SCc2ccccc2)C(=O)N(c2ccc(F)cc2F)C1=O. The van der Waals surface area contributed by atoms with Crippen LogP contribution in [0.5, 0.6) is 5.75 Å². The minimum absolute atomic E-state index is 0.132. The van der Waals surface area contributed by atoms with Crippen LogP contribution in [-0.4, -0.2) is 18.9 Å². The third kappa shape index (κ3) is 3.96. The summed E-state index contributed by atoms with van der Waals surface area (Å²) in [4.78, 5) is 27.6. The number of rotatable bonds is 6. The van der Waals surface area contributed by atoms with Crippen LogP contribution in [0.3, 0.4) is 0 Å². The molecule has 0 aromatic heterocycles. The summed E-state index contributed by atoms with van der Waals surface area (Å²) in [7, 11) is 1.47. The number of nitrogens with zero attached hydrogens (tertiary/aromatic N) is 1. The monoisotopic (exact) mass is 437 g/mol. The zero-order valence-corrected chi connectivity index (χ0v) is 17.3. The second-order valence-electron chi connectivity index (χ2n) is 6.72. The van der Waals surface area contributed by atoms with E-state index in [0.29, 0.717) is 23.1 Å². The Morgan fingerprint density at radius 3 is 2.32 bits per heavy atom. The van der Waals surface area contributed by atoms with Gasteiger partial charge in [0.2, 0.25) is 0 Å². The van der Waals surface area contributed by atoms with Gasteiger partial charge in [-0.2, -0.15) is 0 Å². The summed E-state index contributed by atoms with van der Waals surface area (Å²) in [6.45, 7) is 0. The molecular weight excluding hydrogens is 420 g/mol. The molecule has 0 fully saturated rings. The van der Waals surface area contributed by atoms with Crippen molar-refractivity contribution in [2.75, 3.05) is 12.0 Å². The van der Waals surface area contributed by atoms with E-state index in [1.165, 1.54) is 18.9 Å². The van der Waals surface area contributed by atoms with E-state index in [-0.39, 0.29) is 16.2 Å². The molecule has 4 nitrogen and oxygen atoms in total. The van der Waals surface area contributed by atoms with Crippen molar-refractivity contribution in [1.82, 2.24) is 0 Å². The van der Waals surface area contributed by atoms with E-state index in [9.17, 15) is 18.4 Å². The number of thioether (sulfide) groups is 1. The van der Waals surface area contributed by atoms with Crippen molar-refractivity contribution < 1.29 is 23.1 Å². The Bertz CT molecular complexity index is 1190. The van der Waals surface area contributed by atoms with Gasteiger partial charge in [-0.15, -0.1) is 11.8 Å². The molecule has 2 amide bonds. The van der Waals surface area contributed by atoms with E-state index >= 15 is 0 Å². The van der Waals surface area contributed by atoms with Gasteiger partial charge in [0.25, 0.3) is 11.8 Å². The quantitative estimate of drug-likeness (QED) is 0.498. The van der Waals surface area contributed by atoms with E-state index in [0.717, 1.165) is 22.6 Å². The molecule has 0 radical (unpaired) electrons. The Kier molecular flexibility index (Phi) is 5.86. The third-order valence-corrected chi connectivity index (χ3v) is 5.94. The molecule has 0 saturated heterocycles. The van der Waals surface area contributed by atoms with Crippen molar-refractivity contribution in [2.45, 2.75) is 5.75 Å². The maximum Gasteiger partial charge on any atom is 0.272 e. The number of carbonyl (C=O) groups excluding carboxylic acids is 2. The average molecular weight is 437 g/mol. The third-order valence-electron chi connectivity index (χ3n) is 4.79. The number of hydrogen-bond acceptors (Lipinski definition) is 4. The first-order chi connectivity index (χ1) is 15.0. The predicted octanol–water partition coefficient (Wildman–Crippen LogP) is 5.19. The zero-order chi connectivity index (χ0) is 22.0. The van der Waals surface area contributed by atoms with Gasteiger partial charge >= 0.3 is 0 Å². The van der Waals surface area contributed by atoms with Gasteiger partial charge in [-0.1, -0.05) is 48.5 Å². The molecule has 0 atom stereocenters. The van der Waals surface area contributed by atoms with Crippen molar-refractivity contribution in [3.05, 3.63) is 100 Å². The van der Waals surface area contributed by atoms with Crippen LogP contribution in [-0.2, 0) is 15.3 Å². The molecule has 3 aromatic carbocycles. The summed E-state index contributed by atoms with van der Waals surface area (Å²) in [6.07, 6.45) is 0. The second kappa shape index (κ2) is 8.73. The molecule has 0 bridgehead atoms. The average Bonchev–Trinajstić information content (AvgIpc) is 3.02. The van der Waals surface area contributed by atoms with Gasteiger partial charge in [0.1, 0.15) is 17.4 Å². The first-order valence-corrected chi connectivity index (χ1v) is 10.4. The van der Waals surface area contributed by atoms with Crippen LogP contribution in [0.25, 0.3) is 5.57 Å². The molecule has 0 spiro atoms. The van der Waals surface area contributed by atoms with Crippen molar-refractivity contribution in [3.8, 4) is 5.75 Å². The number of para-hydroxylation sites is 1. The number of methoxy groups -OCH3 is 1. The van der Waals surface area contributed by atoms with Crippen LogP contribution >= 0.6 is 11.8 Å². The number of hydrogen-bond donors (Lipinski definition) is 0. The lowest BCUT2D eigenvalue weighted by Gasteiger charge is -2.16. The molecule has 156 valence electrons. The normalized spacial score (nSPS) is 13.8. The number of halogens is 2. The zero-order valence-electron chi connectivity index (χ0n) is 16.5. The van der Waals surface area contributed by atoms with E-state index in [1.54, 1.807) is 24.3 Å². The molecule has 0 unspecified atom stereocenters. The summed E-state index contributed by atoms with van der Waals surface area (Å²) >= 11 is 1.19. The van der Waals surface area contributed by atoms with Gasteiger partial charge in [0, 0.05) is 17.4 Å². The van der Waals surface area contributed by atoms with E-state index in [2.05, 4.69) is 0 Å². The maximum absolute atomic E-state index is 14.5. The molecule has 3 aromatic rings. The van der Waals surface area contributed by atoms with Crippen molar-refractivity contribution in [2.24, 2.45) is 0 Å². The molecule has 1 aliphatic rings. The lowest BCUT2D eigenvalue weighted by atomic mass is 10.0. The minimum Gasteiger partial charge on any atom is -0.496 e. The van der Waals surface area contributed by atoms with Crippen LogP contribution in [0.15, 0.2) is 77.7 Å². The van der Waals surface area contributed by atoms with Crippen molar-refractivity contribution >= 4 is 34.8 Å². The van der Waals surface area contributed by atoms with E-state index in [4.69, 9.17) is 4.74 Å². The molecule has 1 aliphatic heterocycles. The molecule has 1 heterocycles. The summed E-state index contributed by atoms with van der Waals surface area (Å²) in [6, 6.07) is 19.0. The number of anilines is 1. The van der Waals surface area contributed by atoms with Crippen LogP contribution in [0, 0.1) is 11.6 Å². The molecule has 0 N–H and O–H groups in total. The Hall–Kier alpha value is -3.45. The Morgan fingerprint density at radius 1 is 0.903 bits per heavy atom. The minimum atomic E-state index is -0.990. The van der Waals surface area contributed by atoms with Gasteiger partial charge in [-0.05, 0) is 23.8 Å². The van der Waals surface area contributed by atoms with Crippen LogP contribution in [0.4, 0.5) is 14.5 Å². The van der Waals surface area contributed by atoms with Gasteiger partial charge < -0.3 is 4.74 Å². The number of imide groups is 1. The molecule has 31 heavy (non-hydrogen) atoms. The number of carbonyl (C=O) groups is 2. The van der Waals surface area contributed by atoms with Gasteiger partial charge in [0.15, 0.2) is 0 Å². The summed E-state index contributed by atoms with van der Waals surface area (Å²) in [5, 5.41) is 0. The number of amides is 2.